The zero-order valence-corrected chi connectivity index (χ0v) is 11.9. The molecule has 1 N–H and O–H groups in total. The van der Waals surface area contributed by atoms with Crippen molar-refractivity contribution in [1.82, 2.24) is 4.90 Å². The number of hydrogen-bond acceptors (Lipinski definition) is 3. The molecule has 0 bridgehead atoms. The Bertz CT molecular complexity index is 592. The molecule has 0 radical (unpaired) electrons. The molecule has 1 aliphatic heterocycles. The van der Waals surface area contributed by atoms with Gasteiger partial charge in [0.2, 0.25) is 0 Å². The highest BCUT2D eigenvalue weighted by Gasteiger charge is 2.18. The summed E-state index contributed by atoms with van der Waals surface area (Å²) in [6, 6.07) is 14.1. The average Bonchev–Trinajstić information content (AvgIpc) is 2.51. The second-order valence-corrected chi connectivity index (χ2v) is 5.37. The lowest BCUT2D eigenvalue weighted by atomic mass is 10.1. The van der Waals surface area contributed by atoms with Gasteiger partial charge in [-0.25, -0.2) is 4.39 Å². The van der Waals surface area contributed by atoms with E-state index in [1.54, 1.807) is 6.07 Å². The SMILES string of the molecule is Oc1ccccc1CN1CCN(c2ccc(F)cc2)CC1. The molecular formula is C17H19FN2O. The number of hydrogen-bond donors (Lipinski definition) is 1. The molecule has 3 rings (SSSR count). The van der Waals surface area contributed by atoms with Crippen LogP contribution in [0, 0.1) is 5.82 Å². The lowest BCUT2D eigenvalue weighted by Gasteiger charge is -2.36. The van der Waals surface area contributed by atoms with Crippen molar-refractivity contribution in [3.63, 3.8) is 0 Å². The van der Waals surface area contributed by atoms with Crippen LogP contribution in [-0.4, -0.2) is 36.2 Å². The van der Waals surface area contributed by atoms with Gasteiger partial charge in [0.15, 0.2) is 0 Å². The van der Waals surface area contributed by atoms with Crippen molar-refractivity contribution in [2.45, 2.75) is 6.54 Å². The number of rotatable bonds is 3. The monoisotopic (exact) mass is 286 g/mol. The topological polar surface area (TPSA) is 26.7 Å². The molecule has 3 nitrogen and oxygen atoms in total. The first-order valence-electron chi connectivity index (χ1n) is 7.22. The second kappa shape index (κ2) is 6.14. The summed E-state index contributed by atoms with van der Waals surface area (Å²) in [7, 11) is 0. The van der Waals surface area contributed by atoms with Crippen molar-refractivity contribution >= 4 is 5.69 Å². The van der Waals surface area contributed by atoms with Crippen molar-refractivity contribution < 1.29 is 9.50 Å². The van der Waals surface area contributed by atoms with Gasteiger partial charge in [0, 0.05) is 44.0 Å². The van der Waals surface area contributed by atoms with Gasteiger partial charge in [-0.3, -0.25) is 4.90 Å². The summed E-state index contributed by atoms with van der Waals surface area (Å²) in [6.07, 6.45) is 0. The number of benzene rings is 2. The van der Waals surface area contributed by atoms with E-state index in [0.717, 1.165) is 44.0 Å². The van der Waals surface area contributed by atoms with E-state index in [9.17, 15) is 9.50 Å². The lowest BCUT2D eigenvalue weighted by Crippen LogP contribution is -2.45. The molecule has 1 aliphatic rings. The fraction of sp³-hybridized carbons (Fsp3) is 0.294. The Labute approximate surface area is 124 Å². The minimum absolute atomic E-state index is 0.197. The van der Waals surface area contributed by atoms with E-state index in [1.165, 1.54) is 12.1 Å². The molecule has 0 atom stereocenters. The Morgan fingerprint density at radius 2 is 1.57 bits per heavy atom. The number of halogens is 1. The van der Waals surface area contributed by atoms with Gasteiger partial charge >= 0.3 is 0 Å². The fourth-order valence-corrected chi connectivity index (χ4v) is 2.70. The zero-order chi connectivity index (χ0) is 14.7. The number of piperazine rings is 1. The van der Waals surface area contributed by atoms with Crippen LogP contribution in [0.4, 0.5) is 10.1 Å². The highest BCUT2D eigenvalue weighted by Crippen LogP contribution is 2.21. The molecule has 21 heavy (non-hydrogen) atoms. The summed E-state index contributed by atoms with van der Waals surface area (Å²) in [5.41, 5.74) is 2.03. The molecular weight excluding hydrogens is 267 g/mol. The molecule has 1 fully saturated rings. The molecule has 0 spiro atoms. The Morgan fingerprint density at radius 1 is 0.905 bits per heavy atom. The van der Waals surface area contributed by atoms with Crippen molar-refractivity contribution in [3.8, 4) is 5.75 Å². The smallest absolute Gasteiger partial charge is 0.123 e. The largest absolute Gasteiger partial charge is 0.508 e. The third kappa shape index (κ3) is 3.34. The van der Waals surface area contributed by atoms with Crippen LogP contribution < -0.4 is 4.90 Å². The van der Waals surface area contributed by atoms with E-state index in [-0.39, 0.29) is 5.82 Å². The van der Waals surface area contributed by atoms with Crippen molar-refractivity contribution in [3.05, 3.63) is 59.9 Å². The molecule has 2 aromatic carbocycles. The zero-order valence-electron chi connectivity index (χ0n) is 11.9. The molecule has 110 valence electrons. The van der Waals surface area contributed by atoms with Crippen LogP contribution in [-0.2, 0) is 6.54 Å². The van der Waals surface area contributed by atoms with Crippen LogP contribution in [0.25, 0.3) is 0 Å². The predicted molar refractivity (Wildman–Crippen MR) is 82.0 cm³/mol. The highest BCUT2D eigenvalue weighted by atomic mass is 19.1. The quantitative estimate of drug-likeness (QED) is 0.940. The summed E-state index contributed by atoms with van der Waals surface area (Å²) >= 11 is 0. The minimum atomic E-state index is -0.197. The van der Waals surface area contributed by atoms with Gasteiger partial charge in [0.1, 0.15) is 11.6 Å². The first kappa shape index (κ1) is 13.9. The molecule has 0 unspecified atom stereocenters. The van der Waals surface area contributed by atoms with E-state index in [0.29, 0.717) is 5.75 Å². The van der Waals surface area contributed by atoms with E-state index < -0.39 is 0 Å². The van der Waals surface area contributed by atoms with Crippen LogP contribution in [0.15, 0.2) is 48.5 Å². The van der Waals surface area contributed by atoms with Gasteiger partial charge in [-0.05, 0) is 30.3 Å². The Hall–Kier alpha value is -2.07. The summed E-state index contributed by atoms with van der Waals surface area (Å²) in [5.74, 6) is 0.162. The second-order valence-electron chi connectivity index (χ2n) is 5.37. The van der Waals surface area contributed by atoms with Crippen LogP contribution >= 0.6 is 0 Å². The van der Waals surface area contributed by atoms with E-state index in [1.807, 2.05) is 30.3 Å². The summed E-state index contributed by atoms with van der Waals surface area (Å²) in [4.78, 5) is 4.59. The third-order valence-electron chi connectivity index (χ3n) is 3.95. The van der Waals surface area contributed by atoms with Gasteiger partial charge in [-0.1, -0.05) is 18.2 Å². The molecule has 2 aromatic rings. The fourth-order valence-electron chi connectivity index (χ4n) is 2.70. The van der Waals surface area contributed by atoms with Crippen LogP contribution in [0.2, 0.25) is 0 Å². The number of aromatic hydroxyl groups is 1. The summed E-state index contributed by atoms with van der Waals surface area (Å²) < 4.78 is 12.9. The molecule has 1 saturated heterocycles. The van der Waals surface area contributed by atoms with E-state index >= 15 is 0 Å². The van der Waals surface area contributed by atoms with Crippen molar-refractivity contribution in [2.75, 3.05) is 31.1 Å². The van der Waals surface area contributed by atoms with Gasteiger partial charge in [-0.2, -0.15) is 0 Å². The molecule has 0 aliphatic carbocycles. The van der Waals surface area contributed by atoms with Gasteiger partial charge in [0.05, 0.1) is 0 Å². The number of phenolic OH excluding ortho intramolecular Hbond substituents is 1. The Balaban J connectivity index is 1.58. The average molecular weight is 286 g/mol. The molecule has 0 saturated carbocycles. The van der Waals surface area contributed by atoms with E-state index in [4.69, 9.17) is 0 Å². The lowest BCUT2D eigenvalue weighted by molar-refractivity contribution is 0.247. The number of para-hydroxylation sites is 1. The Kier molecular flexibility index (Phi) is 4.06. The van der Waals surface area contributed by atoms with Crippen LogP contribution in [0.1, 0.15) is 5.56 Å². The van der Waals surface area contributed by atoms with Gasteiger partial charge in [-0.15, -0.1) is 0 Å². The normalized spacial score (nSPS) is 16.1. The number of phenols is 1. The maximum Gasteiger partial charge on any atom is 0.123 e. The minimum Gasteiger partial charge on any atom is -0.508 e. The predicted octanol–water partition coefficient (Wildman–Crippen LogP) is 2.85. The van der Waals surface area contributed by atoms with Crippen LogP contribution in [0.5, 0.6) is 5.75 Å². The highest BCUT2D eigenvalue weighted by molar-refractivity contribution is 5.46. The molecule has 0 amide bonds. The van der Waals surface area contributed by atoms with Crippen molar-refractivity contribution in [2.24, 2.45) is 0 Å². The summed E-state index contributed by atoms with van der Waals surface area (Å²) in [6.45, 7) is 4.47. The van der Waals surface area contributed by atoms with Gasteiger partial charge < -0.3 is 10.0 Å². The molecule has 1 heterocycles. The molecule has 4 heteroatoms. The number of nitrogens with zero attached hydrogens (tertiary/aromatic N) is 2. The van der Waals surface area contributed by atoms with Gasteiger partial charge in [0.25, 0.3) is 0 Å². The maximum absolute atomic E-state index is 12.9. The maximum atomic E-state index is 12.9. The Morgan fingerprint density at radius 3 is 2.24 bits per heavy atom. The third-order valence-corrected chi connectivity index (χ3v) is 3.95. The van der Waals surface area contributed by atoms with Crippen molar-refractivity contribution in [1.29, 1.82) is 0 Å². The molecule has 0 aromatic heterocycles. The summed E-state index contributed by atoms with van der Waals surface area (Å²) in [5, 5.41) is 9.82. The standard InChI is InChI=1S/C17H19FN2O/c18-15-5-7-16(8-6-15)20-11-9-19(10-12-20)13-14-3-1-2-4-17(14)21/h1-8,21H,9-13H2. The van der Waals surface area contributed by atoms with Crippen LogP contribution in [0.3, 0.4) is 0 Å². The van der Waals surface area contributed by atoms with E-state index in [2.05, 4.69) is 9.80 Å². The first-order valence-corrected chi connectivity index (χ1v) is 7.22. The number of anilines is 1. The first-order chi connectivity index (χ1) is 10.2.